The zero-order chi connectivity index (χ0) is 23.0. The molecule has 0 N–H and O–H groups in total. The van der Waals surface area contributed by atoms with Crippen molar-refractivity contribution in [2.75, 3.05) is 6.61 Å². The van der Waals surface area contributed by atoms with Crippen molar-refractivity contribution in [2.24, 2.45) is 0 Å². The van der Waals surface area contributed by atoms with Gasteiger partial charge in [0.05, 0.1) is 35.9 Å². The van der Waals surface area contributed by atoms with Crippen molar-refractivity contribution >= 4 is 22.7 Å². The highest BCUT2D eigenvalue weighted by Gasteiger charge is 2.54. The number of esters is 1. The second-order valence-electron chi connectivity index (χ2n) is 8.02. The largest absolute Gasteiger partial charge is 0.464 e. The second-order valence-corrected chi connectivity index (χ2v) is 8.02. The van der Waals surface area contributed by atoms with Crippen LogP contribution in [0, 0.1) is 25.2 Å². The molecule has 0 aliphatic carbocycles. The molecule has 0 saturated heterocycles. The fraction of sp³-hybridized carbons (Fsp3) is 0.269. The number of benzene rings is 2. The maximum Gasteiger partial charge on any atom is 0.336 e. The molecule has 0 radical (unpaired) electrons. The van der Waals surface area contributed by atoms with Gasteiger partial charge in [-0.3, -0.25) is 4.79 Å². The number of hydrogen-bond donors (Lipinski definition) is 0. The summed E-state index contributed by atoms with van der Waals surface area (Å²) in [5, 5.41) is 11.1. The van der Waals surface area contributed by atoms with Gasteiger partial charge in [0.25, 0.3) is 0 Å². The van der Waals surface area contributed by atoms with Gasteiger partial charge in [0.15, 0.2) is 5.78 Å². The van der Waals surface area contributed by atoms with E-state index in [1.807, 2.05) is 60.9 Å². The summed E-state index contributed by atoms with van der Waals surface area (Å²) in [5.41, 5.74) is 2.28. The van der Waals surface area contributed by atoms with Crippen LogP contribution in [-0.2, 0) is 26.3 Å². The van der Waals surface area contributed by atoms with Crippen LogP contribution in [0.2, 0.25) is 0 Å². The summed E-state index contributed by atoms with van der Waals surface area (Å²) < 4.78 is 13.3. The van der Waals surface area contributed by atoms with Crippen molar-refractivity contribution in [2.45, 2.75) is 39.7 Å². The molecule has 0 amide bonds. The lowest BCUT2D eigenvalue weighted by Crippen LogP contribution is -2.42. The molecule has 6 nitrogen and oxygen atoms in total. The molecule has 1 aliphatic heterocycles. The van der Waals surface area contributed by atoms with Gasteiger partial charge in [-0.15, -0.1) is 0 Å². The first-order valence-corrected chi connectivity index (χ1v) is 10.5. The fourth-order valence-electron chi connectivity index (χ4n) is 4.56. The molecule has 0 spiro atoms. The van der Waals surface area contributed by atoms with Gasteiger partial charge in [0.2, 0.25) is 11.3 Å². The molecule has 162 valence electrons. The molecular formula is C26H24N2O4. The average Bonchev–Trinajstić information content (AvgIpc) is 3.07. The molecule has 0 saturated carbocycles. The summed E-state index contributed by atoms with van der Waals surface area (Å²) in [6.45, 7) is 7.50. The minimum Gasteiger partial charge on any atom is -0.464 e. The van der Waals surface area contributed by atoms with Gasteiger partial charge >= 0.3 is 5.97 Å². The Kier molecular flexibility index (Phi) is 5.35. The Morgan fingerprint density at radius 2 is 1.91 bits per heavy atom. The third-order valence-corrected chi connectivity index (χ3v) is 5.82. The van der Waals surface area contributed by atoms with Crippen molar-refractivity contribution in [3.05, 3.63) is 76.6 Å². The van der Waals surface area contributed by atoms with Gasteiger partial charge in [-0.2, -0.15) is 5.26 Å². The highest BCUT2D eigenvalue weighted by atomic mass is 16.5. The number of carbonyl (C=O) groups is 2. The highest BCUT2D eigenvalue weighted by Crippen LogP contribution is 2.49. The van der Waals surface area contributed by atoms with Crippen LogP contribution >= 0.6 is 0 Å². The average molecular weight is 428 g/mol. The van der Waals surface area contributed by atoms with Gasteiger partial charge in [-0.05, 0) is 44.9 Å². The van der Waals surface area contributed by atoms with E-state index in [0.717, 1.165) is 22.2 Å². The number of ketones is 1. The second kappa shape index (κ2) is 8.01. The van der Waals surface area contributed by atoms with Gasteiger partial charge < -0.3 is 14.0 Å². The summed E-state index contributed by atoms with van der Waals surface area (Å²) in [7, 11) is 0. The lowest BCUT2D eigenvalue weighted by molar-refractivity contribution is -0.147. The molecule has 6 heteroatoms. The topological polar surface area (TPSA) is 81.3 Å². The van der Waals surface area contributed by atoms with Crippen molar-refractivity contribution in [3.63, 3.8) is 0 Å². The first kappa shape index (κ1) is 21.4. The molecule has 3 aromatic rings. The minimum absolute atomic E-state index is 0.0242. The summed E-state index contributed by atoms with van der Waals surface area (Å²) in [5.74, 6) is -0.817. The number of nitrogens with zero attached hydrogens (tertiary/aromatic N) is 2. The van der Waals surface area contributed by atoms with Crippen molar-refractivity contribution in [1.82, 2.24) is 4.57 Å². The van der Waals surface area contributed by atoms with Crippen LogP contribution < -0.4 is 4.74 Å². The molecule has 1 atom stereocenters. The van der Waals surface area contributed by atoms with Crippen LogP contribution in [0.15, 0.2) is 54.3 Å². The molecule has 32 heavy (non-hydrogen) atoms. The van der Waals surface area contributed by atoms with Crippen LogP contribution in [0.3, 0.4) is 0 Å². The van der Waals surface area contributed by atoms with Gasteiger partial charge in [-0.25, -0.2) is 4.79 Å². The maximum absolute atomic E-state index is 13.3. The number of Topliss-reactive ketones (excluding diaryl/α,β-unsaturated/α-hetero) is 1. The first-order chi connectivity index (χ1) is 15.3. The number of hydrogen-bond acceptors (Lipinski definition) is 5. The quantitative estimate of drug-likeness (QED) is 0.559. The minimum atomic E-state index is -1.91. The number of ether oxygens (including phenoxy) is 2. The van der Waals surface area contributed by atoms with Gasteiger partial charge in [-0.1, -0.05) is 42.0 Å². The van der Waals surface area contributed by atoms with Crippen LogP contribution in [0.5, 0.6) is 5.88 Å². The van der Waals surface area contributed by atoms with Crippen LogP contribution in [0.1, 0.15) is 36.1 Å². The Hall–Kier alpha value is -3.85. The number of fused-ring (bicyclic) bond motifs is 3. The monoisotopic (exact) mass is 428 g/mol. The lowest BCUT2D eigenvalue weighted by Gasteiger charge is -2.30. The number of aromatic nitrogens is 1. The van der Waals surface area contributed by atoms with E-state index in [1.165, 1.54) is 13.2 Å². The standard InChI is InChI=1S/C26H24N2O4/c1-5-31-25(30)26(15-27)21(18(4)29)14-32-24-22(26)20-12-16(2)11-17(3)23(20)28(24)13-19-9-7-6-8-10-19/h6-12,14H,5,13H2,1-4H3. The first-order valence-electron chi connectivity index (χ1n) is 10.5. The van der Waals surface area contributed by atoms with Crippen molar-refractivity contribution < 1.29 is 19.1 Å². The molecule has 4 rings (SSSR count). The summed E-state index contributed by atoms with van der Waals surface area (Å²) in [6, 6.07) is 16.0. The number of aryl methyl sites for hydroxylation is 2. The van der Waals surface area contributed by atoms with Crippen molar-refractivity contribution in [3.8, 4) is 11.9 Å². The summed E-state index contributed by atoms with van der Waals surface area (Å²) in [4.78, 5) is 25.9. The summed E-state index contributed by atoms with van der Waals surface area (Å²) >= 11 is 0. The van der Waals surface area contributed by atoms with E-state index in [9.17, 15) is 14.9 Å². The molecule has 1 aromatic heterocycles. The fourth-order valence-corrected chi connectivity index (χ4v) is 4.56. The molecule has 0 fully saturated rings. The Morgan fingerprint density at radius 3 is 2.53 bits per heavy atom. The smallest absolute Gasteiger partial charge is 0.336 e. The third-order valence-electron chi connectivity index (χ3n) is 5.82. The SMILES string of the molecule is CCOC(=O)C1(C#N)C(C(C)=O)=COc2c1c1cc(C)cc(C)c1n2Cc1ccccc1. The van der Waals surface area contributed by atoms with E-state index in [2.05, 4.69) is 6.07 Å². The third kappa shape index (κ3) is 3.09. The van der Waals surface area contributed by atoms with Crippen LogP contribution in [0.4, 0.5) is 0 Å². The molecule has 0 bridgehead atoms. The molecule has 2 aromatic carbocycles. The Balaban J connectivity index is 2.12. The molecular weight excluding hydrogens is 404 g/mol. The predicted molar refractivity (Wildman–Crippen MR) is 120 cm³/mol. The van der Waals surface area contributed by atoms with Gasteiger partial charge in [0, 0.05) is 5.39 Å². The predicted octanol–water partition coefficient (Wildman–Crippen LogP) is 4.50. The van der Waals surface area contributed by atoms with E-state index in [1.54, 1.807) is 6.92 Å². The van der Waals surface area contributed by atoms with E-state index >= 15 is 0 Å². The zero-order valence-electron chi connectivity index (χ0n) is 18.6. The normalized spacial score (nSPS) is 17.2. The highest BCUT2D eigenvalue weighted by molar-refractivity contribution is 6.10. The number of carbonyl (C=O) groups excluding carboxylic acids is 2. The lowest BCUT2D eigenvalue weighted by atomic mass is 9.72. The van der Waals surface area contributed by atoms with E-state index in [-0.39, 0.29) is 12.2 Å². The van der Waals surface area contributed by atoms with Crippen molar-refractivity contribution in [1.29, 1.82) is 5.26 Å². The van der Waals surface area contributed by atoms with Gasteiger partial charge in [0.1, 0.15) is 6.26 Å². The zero-order valence-corrected chi connectivity index (χ0v) is 18.6. The summed E-state index contributed by atoms with van der Waals surface area (Å²) in [6.07, 6.45) is 1.23. The number of nitriles is 1. The molecule has 2 heterocycles. The Labute approximate surface area is 186 Å². The van der Waals surface area contributed by atoms with E-state index < -0.39 is 17.2 Å². The Morgan fingerprint density at radius 1 is 1.19 bits per heavy atom. The Bertz CT molecular complexity index is 1310. The van der Waals surface area contributed by atoms with Crippen LogP contribution in [-0.4, -0.2) is 22.9 Å². The van der Waals surface area contributed by atoms with Crippen LogP contribution in [0.25, 0.3) is 10.9 Å². The molecule has 1 unspecified atom stereocenters. The number of rotatable bonds is 5. The maximum atomic E-state index is 13.3. The van der Waals surface area contributed by atoms with E-state index in [0.29, 0.717) is 23.4 Å². The molecule has 1 aliphatic rings. The van der Waals surface area contributed by atoms with E-state index in [4.69, 9.17) is 9.47 Å².